The fraction of sp³-hybridized carbons (Fsp3) is 0.467. The number of hydrogen-bond acceptors (Lipinski definition) is 3. The standard InChI is InChI=1S/C15H21N3O2/c1-9-4-2-3-5-13(9)18-12-7-10(14(16)19)6-11(8-12)15(17)20/h6-9,13,18H,2-5H2,1H3,(H2,16,19)(H2,17,20). The molecule has 5 heteroatoms. The van der Waals surface area contributed by atoms with Gasteiger partial charge in [-0.15, -0.1) is 0 Å². The Morgan fingerprint density at radius 3 is 2.10 bits per heavy atom. The van der Waals surface area contributed by atoms with Crippen LogP contribution in [0.15, 0.2) is 18.2 Å². The lowest BCUT2D eigenvalue weighted by atomic mass is 9.86. The molecule has 1 aromatic rings. The van der Waals surface area contributed by atoms with E-state index in [1.54, 1.807) is 12.1 Å². The van der Waals surface area contributed by atoms with Gasteiger partial charge >= 0.3 is 0 Å². The molecule has 20 heavy (non-hydrogen) atoms. The van der Waals surface area contributed by atoms with Gasteiger partial charge in [-0.1, -0.05) is 19.8 Å². The lowest BCUT2D eigenvalue weighted by Crippen LogP contribution is -2.30. The Balaban J connectivity index is 2.25. The number of nitrogens with two attached hydrogens (primary N) is 2. The first-order chi connectivity index (χ1) is 9.47. The van der Waals surface area contributed by atoms with Crippen molar-refractivity contribution in [3.63, 3.8) is 0 Å². The van der Waals surface area contributed by atoms with Crippen LogP contribution >= 0.6 is 0 Å². The second-order valence-electron chi connectivity index (χ2n) is 5.54. The first kappa shape index (κ1) is 14.4. The molecule has 1 fully saturated rings. The molecule has 2 rings (SSSR count). The van der Waals surface area contributed by atoms with E-state index < -0.39 is 11.8 Å². The van der Waals surface area contributed by atoms with Gasteiger partial charge in [-0.2, -0.15) is 0 Å². The molecule has 5 N–H and O–H groups in total. The van der Waals surface area contributed by atoms with Crippen LogP contribution in [-0.2, 0) is 0 Å². The molecule has 1 aliphatic rings. The Morgan fingerprint density at radius 2 is 1.60 bits per heavy atom. The molecule has 0 aromatic heterocycles. The predicted octanol–water partition coefficient (Wildman–Crippen LogP) is 1.88. The Bertz CT molecular complexity index is 496. The van der Waals surface area contributed by atoms with E-state index in [2.05, 4.69) is 12.2 Å². The molecule has 2 atom stereocenters. The zero-order valence-electron chi connectivity index (χ0n) is 11.7. The highest BCUT2D eigenvalue weighted by atomic mass is 16.1. The Labute approximate surface area is 118 Å². The van der Waals surface area contributed by atoms with Gasteiger partial charge in [0.2, 0.25) is 11.8 Å². The van der Waals surface area contributed by atoms with Crippen LogP contribution in [0.3, 0.4) is 0 Å². The topological polar surface area (TPSA) is 98.2 Å². The van der Waals surface area contributed by atoms with Crippen LogP contribution in [0.1, 0.15) is 53.3 Å². The highest BCUT2D eigenvalue weighted by Crippen LogP contribution is 2.27. The molecule has 2 unspecified atom stereocenters. The quantitative estimate of drug-likeness (QED) is 0.782. The van der Waals surface area contributed by atoms with Crippen molar-refractivity contribution in [2.45, 2.75) is 38.6 Å². The summed E-state index contributed by atoms with van der Waals surface area (Å²) in [5.74, 6) is -0.557. The van der Waals surface area contributed by atoms with Crippen LogP contribution in [0, 0.1) is 5.92 Å². The van der Waals surface area contributed by atoms with E-state index in [1.807, 2.05) is 0 Å². The van der Waals surface area contributed by atoms with E-state index in [0.29, 0.717) is 23.1 Å². The minimum atomic E-state index is -0.562. The zero-order valence-corrected chi connectivity index (χ0v) is 11.7. The number of anilines is 1. The molecule has 1 aromatic carbocycles. The van der Waals surface area contributed by atoms with Gasteiger partial charge in [0.05, 0.1) is 0 Å². The van der Waals surface area contributed by atoms with Crippen molar-refractivity contribution < 1.29 is 9.59 Å². The molecular weight excluding hydrogens is 254 g/mol. The second-order valence-corrected chi connectivity index (χ2v) is 5.54. The number of carbonyl (C=O) groups excluding carboxylic acids is 2. The molecule has 5 nitrogen and oxygen atoms in total. The summed E-state index contributed by atoms with van der Waals surface area (Å²) in [6, 6.07) is 5.14. The third kappa shape index (κ3) is 3.29. The number of nitrogens with one attached hydrogen (secondary N) is 1. The summed E-state index contributed by atoms with van der Waals surface area (Å²) in [7, 11) is 0. The SMILES string of the molecule is CC1CCCCC1Nc1cc(C(N)=O)cc(C(N)=O)c1. The summed E-state index contributed by atoms with van der Waals surface area (Å²) in [5, 5.41) is 3.41. The van der Waals surface area contributed by atoms with Crippen molar-refractivity contribution in [1.29, 1.82) is 0 Å². The molecule has 0 bridgehead atoms. The van der Waals surface area contributed by atoms with Crippen molar-refractivity contribution in [2.24, 2.45) is 17.4 Å². The van der Waals surface area contributed by atoms with Gasteiger partial charge in [0, 0.05) is 22.9 Å². The minimum Gasteiger partial charge on any atom is -0.382 e. The highest BCUT2D eigenvalue weighted by molar-refractivity contribution is 5.99. The Morgan fingerprint density at radius 1 is 1.05 bits per heavy atom. The van der Waals surface area contributed by atoms with Crippen molar-refractivity contribution >= 4 is 17.5 Å². The normalized spacial score (nSPS) is 22.2. The van der Waals surface area contributed by atoms with Crippen LogP contribution in [-0.4, -0.2) is 17.9 Å². The van der Waals surface area contributed by atoms with E-state index >= 15 is 0 Å². The third-order valence-corrected chi connectivity index (χ3v) is 3.97. The maximum Gasteiger partial charge on any atom is 0.248 e. The molecule has 2 amide bonds. The van der Waals surface area contributed by atoms with Crippen molar-refractivity contribution in [1.82, 2.24) is 0 Å². The fourth-order valence-electron chi connectivity index (χ4n) is 2.74. The van der Waals surface area contributed by atoms with Gasteiger partial charge in [-0.3, -0.25) is 9.59 Å². The summed E-state index contributed by atoms with van der Waals surface area (Å²) >= 11 is 0. The minimum absolute atomic E-state index is 0.298. The number of carbonyl (C=O) groups is 2. The van der Waals surface area contributed by atoms with Gasteiger partial charge in [-0.25, -0.2) is 0 Å². The summed E-state index contributed by atoms with van der Waals surface area (Å²) in [5.41, 5.74) is 11.9. The predicted molar refractivity (Wildman–Crippen MR) is 78.5 cm³/mol. The Hall–Kier alpha value is -2.04. The summed E-state index contributed by atoms with van der Waals surface area (Å²) < 4.78 is 0. The molecular formula is C15H21N3O2. The van der Waals surface area contributed by atoms with E-state index in [9.17, 15) is 9.59 Å². The second kappa shape index (κ2) is 5.94. The Kier molecular flexibility index (Phi) is 4.27. The number of hydrogen-bond donors (Lipinski definition) is 3. The lowest BCUT2D eigenvalue weighted by molar-refractivity contribution is 0.0999. The maximum absolute atomic E-state index is 11.3. The maximum atomic E-state index is 11.3. The average Bonchev–Trinajstić information content (AvgIpc) is 2.41. The highest BCUT2D eigenvalue weighted by Gasteiger charge is 2.21. The largest absolute Gasteiger partial charge is 0.382 e. The van der Waals surface area contributed by atoms with Crippen molar-refractivity contribution in [2.75, 3.05) is 5.32 Å². The first-order valence-electron chi connectivity index (χ1n) is 6.98. The summed E-state index contributed by atoms with van der Waals surface area (Å²) in [6.45, 7) is 2.21. The third-order valence-electron chi connectivity index (χ3n) is 3.97. The van der Waals surface area contributed by atoms with Crippen molar-refractivity contribution in [3.8, 4) is 0 Å². The van der Waals surface area contributed by atoms with Crippen LogP contribution < -0.4 is 16.8 Å². The first-order valence-corrected chi connectivity index (χ1v) is 6.98. The monoisotopic (exact) mass is 275 g/mol. The number of rotatable bonds is 4. The van der Waals surface area contributed by atoms with E-state index in [-0.39, 0.29) is 0 Å². The van der Waals surface area contributed by atoms with E-state index in [1.165, 1.54) is 25.3 Å². The van der Waals surface area contributed by atoms with Crippen LogP contribution in [0.4, 0.5) is 5.69 Å². The molecule has 0 saturated heterocycles. The molecule has 0 spiro atoms. The average molecular weight is 275 g/mol. The molecule has 0 aliphatic heterocycles. The van der Waals surface area contributed by atoms with Gasteiger partial charge in [-0.05, 0) is 37.0 Å². The number of primary amides is 2. The molecule has 0 radical (unpaired) electrons. The van der Waals surface area contributed by atoms with E-state index in [4.69, 9.17) is 11.5 Å². The summed E-state index contributed by atoms with van der Waals surface area (Å²) in [6.07, 6.45) is 4.73. The van der Waals surface area contributed by atoms with Gasteiger partial charge in [0.15, 0.2) is 0 Å². The molecule has 1 saturated carbocycles. The van der Waals surface area contributed by atoms with Crippen LogP contribution in [0.5, 0.6) is 0 Å². The number of amides is 2. The van der Waals surface area contributed by atoms with Gasteiger partial charge < -0.3 is 16.8 Å². The molecule has 0 heterocycles. The number of benzene rings is 1. The van der Waals surface area contributed by atoms with Crippen LogP contribution in [0.25, 0.3) is 0 Å². The zero-order chi connectivity index (χ0) is 14.7. The fourth-order valence-corrected chi connectivity index (χ4v) is 2.74. The summed E-state index contributed by atoms with van der Waals surface area (Å²) in [4.78, 5) is 22.7. The lowest BCUT2D eigenvalue weighted by Gasteiger charge is -2.30. The molecule has 1 aliphatic carbocycles. The van der Waals surface area contributed by atoms with Gasteiger partial charge in [0.25, 0.3) is 0 Å². The van der Waals surface area contributed by atoms with E-state index in [0.717, 1.165) is 12.1 Å². The van der Waals surface area contributed by atoms with Crippen molar-refractivity contribution in [3.05, 3.63) is 29.3 Å². The smallest absolute Gasteiger partial charge is 0.248 e. The van der Waals surface area contributed by atoms with Crippen LogP contribution in [0.2, 0.25) is 0 Å². The van der Waals surface area contributed by atoms with Gasteiger partial charge in [0.1, 0.15) is 0 Å². The molecule has 108 valence electrons.